The molecule has 3 atom stereocenters. The molecule has 1 saturated heterocycles. The van der Waals surface area contributed by atoms with Crippen molar-refractivity contribution in [3.05, 3.63) is 60.2 Å². The maximum absolute atomic E-state index is 6.14. The van der Waals surface area contributed by atoms with Crippen molar-refractivity contribution >= 4 is 24.0 Å². The maximum Gasteiger partial charge on any atom is 0.216 e. The highest BCUT2D eigenvalue weighted by Gasteiger charge is 2.42. The molecule has 2 aromatic carbocycles. The number of para-hydroxylation sites is 1. The van der Waals surface area contributed by atoms with Crippen LogP contribution in [0.3, 0.4) is 0 Å². The second kappa shape index (κ2) is 7.88. The van der Waals surface area contributed by atoms with Gasteiger partial charge in [0.2, 0.25) is 6.49 Å². The van der Waals surface area contributed by atoms with E-state index in [1.807, 2.05) is 75.4 Å². The molecule has 0 aliphatic carbocycles. The normalized spacial score (nSPS) is 27.0. The first-order chi connectivity index (χ1) is 12.0. The van der Waals surface area contributed by atoms with Gasteiger partial charge < -0.3 is 19.1 Å². The quantitative estimate of drug-likeness (QED) is 0.689. The van der Waals surface area contributed by atoms with Crippen LogP contribution in [0.15, 0.2) is 54.6 Å². The zero-order valence-corrected chi connectivity index (χ0v) is 16.4. The monoisotopic (exact) mass is 377 g/mol. The Balaban J connectivity index is 1.93. The highest BCUT2D eigenvalue weighted by atomic mass is 32.5. The van der Waals surface area contributed by atoms with E-state index in [1.54, 1.807) is 0 Å². The van der Waals surface area contributed by atoms with Crippen LogP contribution in [-0.2, 0) is 20.9 Å². The zero-order chi connectivity index (χ0) is 17.9. The van der Waals surface area contributed by atoms with Gasteiger partial charge in [-0.1, -0.05) is 30.3 Å². The Hall–Kier alpha value is -1.39. The van der Waals surface area contributed by atoms with Crippen molar-refractivity contribution in [3.63, 3.8) is 0 Å². The topological polar surface area (TPSA) is 39.7 Å². The minimum absolute atomic E-state index is 0.00592. The first-order valence-corrected chi connectivity index (χ1v) is 11.2. The first-order valence-electron chi connectivity index (χ1n) is 8.52. The van der Waals surface area contributed by atoms with E-state index in [1.165, 1.54) is 0 Å². The number of anilines is 1. The van der Waals surface area contributed by atoms with Gasteiger partial charge in [0.15, 0.2) is 0 Å². The third-order valence-corrected chi connectivity index (χ3v) is 7.65. The number of hydrogen-bond acceptors (Lipinski definition) is 5. The lowest BCUT2D eigenvalue weighted by atomic mass is 10.2. The molecule has 0 spiro atoms. The SMILES string of the molecule is CCOc1ccc(C(Nc2ccccc2)P2(=S)OC(C)C(C)O2)cc1. The van der Waals surface area contributed by atoms with E-state index in [9.17, 15) is 0 Å². The number of benzene rings is 2. The van der Waals surface area contributed by atoms with Crippen molar-refractivity contribution < 1.29 is 13.8 Å². The Labute approximate surface area is 154 Å². The largest absolute Gasteiger partial charge is 0.494 e. The fourth-order valence-electron chi connectivity index (χ4n) is 2.73. The Bertz CT molecular complexity index is 724. The van der Waals surface area contributed by atoms with E-state index in [0.717, 1.165) is 17.0 Å². The summed E-state index contributed by atoms with van der Waals surface area (Å²) in [5, 5.41) is 3.52. The van der Waals surface area contributed by atoms with E-state index in [4.69, 9.17) is 25.6 Å². The first kappa shape index (κ1) is 18.4. The van der Waals surface area contributed by atoms with Crippen LogP contribution in [0.1, 0.15) is 32.1 Å². The Morgan fingerprint density at radius 2 is 1.64 bits per heavy atom. The van der Waals surface area contributed by atoms with Crippen LogP contribution in [0.25, 0.3) is 0 Å². The molecule has 0 saturated carbocycles. The summed E-state index contributed by atoms with van der Waals surface area (Å²) in [4.78, 5) is 0. The smallest absolute Gasteiger partial charge is 0.216 e. The molecule has 3 rings (SSSR count). The van der Waals surface area contributed by atoms with Gasteiger partial charge in [0.1, 0.15) is 11.5 Å². The number of nitrogens with one attached hydrogen (secondary N) is 1. The Kier molecular flexibility index (Phi) is 5.80. The van der Waals surface area contributed by atoms with Crippen LogP contribution in [0.4, 0.5) is 5.69 Å². The molecule has 0 amide bonds. The van der Waals surface area contributed by atoms with Crippen molar-refractivity contribution in [3.8, 4) is 5.75 Å². The molecule has 0 radical (unpaired) electrons. The van der Waals surface area contributed by atoms with Crippen LogP contribution in [-0.4, -0.2) is 18.8 Å². The van der Waals surface area contributed by atoms with E-state index >= 15 is 0 Å². The summed E-state index contributed by atoms with van der Waals surface area (Å²) in [6.07, 6.45) is -0.0118. The van der Waals surface area contributed by atoms with Crippen LogP contribution in [0.2, 0.25) is 0 Å². The van der Waals surface area contributed by atoms with Gasteiger partial charge >= 0.3 is 0 Å². The van der Waals surface area contributed by atoms with Crippen molar-refractivity contribution in [2.45, 2.75) is 38.8 Å². The molecule has 0 bridgehead atoms. The summed E-state index contributed by atoms with van der Waals surface area (Å²) < 4.78 is 17.8. The standard InChI is InChI=1S/C19H24NO3PS/c1-4-21-18-12-10-16(11-13-18)19(20-17-8-6-5-7-9-17)24(25)22-14(2)15(3)23-24/h5-15,19-20H,4H2,1-3H3. The minimum Gasteiger partial charge on any atom is -0.494 e. The molecular formula is C19H24NO3PS. The lowest BCUT2D eigenvalue weighted by Crippen LogP contribution is -2.13. The predicted octanol–water partition coefficient (Wildman–Crippen LogP) is 5.33. The second-order valence-electron chi connectivity index (χ2n) is 6.08. The van der Waals surface area contributed by atoms with E-state index < -0.39 is 6.49 Å². The molecule has 2 aromatic rings. The van der Waals surface area contributed by atoms with E-state index in [2.05, 4.69) is 5.32 Å². The highest BCUT2D eigenvalue weighted by Crippen LogP contribution is 2.66. The van der Waals surface area contributed by atoms with E-state index in [0.29, 0.717) is 6.61 Å². The molecule has 1 aliphatic rings. The molecule has 4 nitrogen and oxygen atoms in total. The molecule has 6 heteroatoms. The molecule has 25 heavy (non-hydrogen) atoms. The zero-order valence-electron chi connectivity index (χ0n) is 14.7. The van der Waals surface area contributed by atoms with Gasteiger partial charge in [0.25, 0.3) is 0 Å². The Morgan fingerprint density at radius 1 is 1.04 bits per heavy atom. The summed E-state index contributed by atoms with van der Waals surface area (Å²) >= 11 is 5.88. The minimum atomic E-state index is -2.53. The molecule has 134 valence electrons. The van der Waals surface area contributed by atoms with Crippen molar-refractivity contribution in [1.82, 2.24) is 0 Å². The summed E-state index contributed by atoms with van der Waals surface area (Å²) in [6, 6.07) is 18.0. The fraction of sp³-hybridized carbons (Fsp3) is 0.368. The molecule has 0 aromatic heterocycles. The third kappa shape index (κ3) is 4.24. The van der Waals surface area contributed by atoms with Gasteiger partial charge in [-0.15, -0.1) is 0 Å². The number of hydrogen-bond donors (Lipinski definition) is 1. The third-order valence-electron chi connectivity index (χ3n) is 4.19. The lowest BCUT2D eigenvalue weighted by molar-refractivity contribution is 0.187. The molecule has 1 aliphatic heterocycles. The van der Waals surface area contributed by atoms with E-state index in [-0.39, 0.29) is 18.0 Å². The molecule has 1 fully saturated rings. The lowest BCUT2D eigenvalue weighted by Gasteiger charge is -2.28. The van der Waals surface area contributed by atoms with Gasteiger partial charge in [0, 0.05) is 5.69 Å². The fourth-order valence-corrected chi connectivity index (χ4v) is 6.48. The molecule has 1 heterocycles. The summed E-state index contributed by atoms with van der Waals surface area (Å²) in [6.45, 7) is 4.11. The second-order valence-corrected chi connectivity index (χ2v) is 9.62. The summed E-state index contributed by atoms with van der Waals surface area (Å²) in [5.74, 6) is 0.629. The number of ether oxygens (including phenoxy) is 1. The highest BCUT2D eigenvalue weighted by molar-refractivity contribution is 8.10. The maximum atomic E-state index is 6.14. The van der Waals surface area contributed by atoms with Crippen molar-refractivity contribution in [1.29, 1.82) is 0 Å². The van der Waals surface area contributed by atoms with Gasteiger partial charge in [-0.05, 0) is 62.4 Å². The van der Waals surface area contributed by atoms with Gasteiger partial charge in [0.05, 0.1) is 18.8 Å². The average molecular weight is 377 g/mol. The summed E-state index contributed by atoms with van der Waals surface area (Å²) in [7, 11) is 0. The van der Waals surface area contributed by atoms with Crippen molar-refractivity contribution in [2.75, 3.05) is 11.9 Å². The van der Waals surface area contributed by atoms with Gasteiger partial charge in [-0.25, -0.2) is 0 Å². The summed E-state index contributed by atoms with van der Waals surface area (Å²) in [5.41, 5.74) is 2.03. The average Bonchev–Trinajstić information content (AvgIpc) is 2.88. The van der Waals surface area contributed by atoms with Crippen LogP contribution in [0.5, 0.6) is 5.75 Å². The van der Waals surface area contributed by atoms with Gasteiger partial charge in [-0.2, -0.15) is 0 Å². The molecular weight excluding hydrogens is 353 g/mol. The van der Waals surface area contributed by atoms with Crippen molar-refractivity contribution in [2.24, 2.45) is 0 Å². The van der Waals surface area contributed by atoms with Crippen LogP contribution in [0, 0.1) is 0 Å². The van der Waals surface area contributed by atoms with Crippen LogP contribution < -0.4 is 10.1 Å². The number of rotatable bonds is 6. The molecule has 1 N–H and O–H groups in total. The Morgan fingerprint density at radius 3 is 2.20 bits per heavy atom. The molecule has 3 unspecified atom stereocenters. The van der Waals surface area contributed by atoms with Gasteiger partial charge in [-0.3, -0.25) is 0 Å². The predicted molar refractivity (Wildman–Crippen MR) is 106 cm³/mol. The van der Waals surface area contributed by atoms with Crippen LogP contribution >= 0.6 is 6.49 Å².